The molecule has 0 unspecified atom stereocenters. The molecule has 0 bridgehead atoms. The van der Waals surface area contributed by atoms with Gasteiger partial charge in [-0.15, -0.1) is 0 Å². The molecule has 0 spiro atoms. The number of carbonyl (C=O) groups excluding carboxylic acids is 1. The largest absolute Gasteiger partial charge is 0.467 e. The lowest BCUT2D eigenvalue weighted by Crippen LogP contribution is -1.95. The summed E-state index contributed by atoms with van der Waals surface area (Å²) in [6.45, 7) is 7.53. The lowest BCUT2D eigenvalue weighted by molar-refractivity contribution is -0.140. The molecule has 13 heavy (non-hydrogen) atoms. The van der Waals surface area contributed by atoms with E-state index in [-0.39, 0.29) is 5.97 Å². The van der Waals surface area contributed by atoms with Gasteiger partial charge in [-0.1, -0.05) is 0 Å². The molecule has 0 aromatic carbocycles. The Morgan fingerprint density at radius 1 is 1.38 bits per heavy atom. The van der Waals surface area contributed by atoms with Crippen molar-refractivity contribution in [1.29, 1.82) is 0 Å². The van der Waals surface area contributed by atoms with Crippen molar-refractivity contribution in [2.24, 2.45) is 0 Å². The van der Waals surface area contributed by atoms with Gasteiger partial charge in [0.05, 0.1) is 6.61 Å². The van der Waals surface area contributed by atoms with Crippen LogP contribution in [0.25, 0.3) is 0 Å². The molecule has 1 aromatic rings. The Kier molecular flexibility index (Phi) is 5.68. The normalized spacial score (nSPS) is 8.62. The van der Waals surface area contributed by atoms with Crippen LogP contribution in [0.15, 0.2) is 16.5 Å². The van der Waals surface area contributed by atoms with Crippen LogP contribution in [0.4, 0.5) is 0 Å². The molecule has 0 amide bonds. The molecule has 0 N–H and O–H groups in total. The molecule has 74 valence electrons. The maximum atomic E-state index is 9.82. The predicted molar refractivity (Wildman–Crippen MR) is 50.5 cm³/mol. The molecule has 0 radical (unpaired) electrons. The summed E-state index contributed by atoms with van der Waals surface area (Å²) in [5, 5.41) is 0. The first-order valence-electron chi connectivity index (χ1n) is 4.22. The topological polar surface area (TPSA) is 39.4 Å². The lowest BCUT2D eigenvalue weighted by atomic mass is 10.5. The molecule has 0 fully saturated rings. The van der Waals surface area contributed by atoms with E-state index in [9.17, 15) is 4.79 Å². The number of rotatable bonds is 1. The van der Waals surface area contributed by atoms with E-state index in [1.807, 2.05) is 26.0 Å². The van der Waals surface area contributed by atoms with Crippen LogP contribution in [0.3, 0.4) is 0 Å². The van der Waals surface area contributed by atoms with Crippen LogP contribution in [-0.4, -0.2) is 12.6 Å². The second-order valence-electron chi connectivity index (χ2n) is 2.58. The third-order valence-electron chi connectivity index (χ3n) is 1.22. The van der Waals surface area contributed by atoms with Gasteiger partial charge in [0, 0.05) is 6.92 Å². The van der Waals surface area contributed by atoms with Gasteiger partial charge in [0.25, 0.3) is 0 Å². The highest BCUT2D eigenvalue weighted by Gasteiger charge is 1.85. The van der Waals surface area contributed by atoms with Gasteiger partial charge in [-0.2, -0.15) is 0 Å². The zero-order chi connectivity index (χ0) is 10.3. The Labute approximate surface area is 78.7 Å². The standard InChI is InChI=1S/C6H8O.C4H8O2/c1-5-3-4-6(2)7-5;1-3-6-4(2)5/h3-4H,1-2H3;3H2,1-2H3. The van der Waals surface area contributed by atoms with Crippen molar-refractivity contribution >= 4 is 5.97 Å². The SMILES string of the molecule is CCOC(C)=O.Cc1ccc(C)o1. The van der Waals surface area contributed by atoms with Crippen LogP contribution < -0.4 is 0 Å². The molecule has 0 saturated carbocycles. The second-order valence-corrected chi connectivity index (χ2v) is 2.58. The maximum Gasteiger partial charge on any atom is 0.302 e. The third kappa shape index (κ3) is 7.12. The molecule has 0 atom stereocenters. The molecular formula is C10H16O3. The zero-order valence-corrected chi connectivity index (χ0v) is 8.59. The Balaban J connectivity index is 0.000000226. The predicted octanol–water partition coefficient (Wildman–Crippen LogP) is 2.47. The minimum absolute atomic E-state index is 0.211. The highest BCUT2D eigenvalue weighted by atomic mass is 16.5. The summed E-state index contributed by atoms with van der Waals surface area (Å²) in [4.78, 5) is 9.82. The smallest absolute Gasteiger partial charge is 0.302 e. The van der Waals surface area contributed by atoms with Crippen LogP contribution >= 0.6 is 0 Å². The summed E-state index contributed by atoms with van der Waals surface area (Å²) in [6, 6.07) is 3.91. The fraction of sp³-hybridized carbons (Fsp3) is 0.500. The van der Waals surface area contributed by atoms with E-state index in [1.165, 1.54) is 6.92 Å². The number of aryl methyl sites for hydroxylation is 2. The van der Waals surface area contributed by atoms with Gasteiger partial charge in [-0.25, -0.2) is 0 Å². The molecule has 0 aliphatic heterocycles. The summed E-state index contributed by atoms with van der Waals surface area (Å²) >= 11 is 0. The quantitative estimate of drug-likeness (QED) is 0.629. The van der Waals surface area contributed by atoms with E-state index in [0.717, 1.165) is 11.5 Å². The summed E-state index contributed by atoms with van der Waals surface area (Å²) < 4.78 is 9.49. The van der Waals surface area contributed by atoms with Gasteiger partial charge in [0.15, 0.2) is 0 Å². The van der Waals surface area contributed by atoms with Crippen LogP contribution in [0, 0.1) is 13.8 Å². The van der Waals surface area contributed by atoms with E-state index in [2.05, 4.69) is 4.74 Å². The molecule has 1 heterocycles. The van der Waals surface area contributed by atoms with Gasteiger partial charge in [0.1, 0.15) is 11.5 Å². The maximum absolute atomic E-state index is 9.82. The van der Waals surface area contributed by atoms with Crippen LogP contribution in [0.5, 0.6) is 0 Å². The van der Waals surface area contributed by atoms with E-state index in [1.54, 1.807) is 6.92 Å². The summed E-state index contributed by atoms with van der Waals surface area (Å²) in [7, 11) is 0. The molecule has 1 rings (SSSR count). The van der Waals surface area contributed by atoms with Crippen molar-refractivity contribution in [2.75, 3.05) is 6.61 Å². The minimum atomic E-state index is -0.211. The van der Waals surface area contributed by atoms with Crippen molar-refractivity contribution in [3.05, 3.63) is 23.7 Å². The molecule has 3 heteroatoms. The van der Waals surface area contributed by atoms with Crippen molar-refractivity contribution in [2.45, 2.75) is 27.7 Å². The minimum Gasteiger partial charge on any atom is -0.467 e. The molecule has 0 aliphatic carbocycles. The Hall–Kier alpha value is -1.25. The zero-order valence-electron chi connectivity index (χ0n) is 8.59. The summed E-state index contributed by atoms with van der Waals surface area (Å²) in [5.41, 5.74) is 0. The fourth-order valence-corrected chi connectivity index (χ4v) is 0.760. The number of carbonyl (C=O) groups is 1. The monoisotopic (exact) mass is 184 g/mol. The van der Waals surface area contributed by atoms with E-state index < -0.39 is 0 Å². The van der Waals surface area contributed by atoms with Gasteiger partial charge in [-0.05, 0) is 32.9 Å². The number of furan rings is 1. The average molecular weight is 184 g/mol. The first-order chi connectivity index (χ1) is 6.06. The fourth-order valence-electron chi connectivity index (χ4n) is 0.760. The molecule has 0 saturated heterocycles. The van der Waals surface area contributed by atoms with E-state index in [4.69, 9.17) is 4.42 Å². The van der Waals surface area contributed by atoms with Gasteiger partial charge >= 0.3 is 5.97 Å². The number of hydrogen-bond donors (Lipinski definition) is 0. The van der Waals surface area contributed by atoms with Crippen molar-refractivity contribution in [3.63, 3.8) is 0 Å². The van der Waals surface area contributed by atoms with E-state index in [0.29, 0.717) is 6.61 Å². The third-order valence-corrected chi connectivity index (χ3v) is 1.22. The lowest BCUT2D eigenvalue weighted by Gasteiger charge is -1.89. The van der Waals surface area contributed by atoms with Crippen LogP contribution in [0.2, 0.25) is 0 Å². The molecular weight excluding hydrogens is 168 g/mol. The average Bonchev–Trinajstić information content (AvgIpc) is 2.35. The number of ether oxygens (including phenoxy) is 1. The number of hydrogen-bond acceptors (Lipinski definition) is 3. The first kappa shape index (κ1) is 11.8. The highest BCUT2D eigenvalue weighted by molar-refractivity contribution is 5.65. The molecule has 0 aliphatic rings. The second kappa shape index (κ2) is 6.29. The van der Waals surface area contributed by atoms with E-state index >= 15 is 0 Å². The summed E-state index contributed by atoms with van der Waals surface area (Å²) in [6.07, 6.45) is 0. The molecule has 3 nitrogen and oxygen atoms in total. The summed E-state index contributed by atoms with van der Waals surface area (Å²) in [5.74, 6) is 1.76. The van der Waals surface area contributed by atoms with Crippen LogP contribution in [0.1, 0.15) is 25.4 Å². The Morgan fingerprint density at radius 3 is 1.92 bits per heavy atom. The van der Waals surface area contributed by atoms with Crippen molar-refractivity contribution in [1.82, 2.24) is 0 Å². The molecule has 1 aromatic heterocycles. The van der Waals surface area contributed by atoms with Gasteiger partial charge < -0.3 is 9.15 Å². The van der Waals surface area contributed by atoms with Gasteiger partial charge in [-0.3, -0.25) is 4.79 Å². The van der Waals surface area contributed by atoms with Crippen molar-refractivity contribution < 1.29 is 13.9 Å². The number of esters is 1. The Morgan fingerprint density at radius 2 is 1.85 bits per heavy atom. The van der Waals surface area contributed by atoms with Crippen molar-refractivity contribution in [3.8, 4) is 0 Å². The van der Waals surface area contributed by atoms with Crippen LogP contribution in [-0.2, 0) is 9.53 Å². The highest BCUT2D eigenvalue weighted by Crippen LogP contribution is 2.02. The van der Waals surface area contributed by atoms with Gasteiger partial charge in [0.2, 0.25) is 0 Å². The Bertz CT molecular complexity index is 234. The first-order valence-corrected chi connectivity index (χ1v) is 4.22.